The van der Waals surface area contributed by atoms with E-state index in [1.165, 1.54) is 32.1 Å². The van der Waals surface area contributed by atoms with E-state index < -0.39 is 0 Å². The molecule has 1 atom stereocenters. The first-order valence-electron chi connectivity index (χ1n) is 6.19. The van der Waals surface area contributed by atoms with Crippen molar-refractivity contribution in [2.24, 2.45) is 5.73 Å². The maximum atomic E-state index is 5.82. The Morgan fingerprint density at radius 2 is 2.19 bits per heavy atom. The molecule has 2 heterocycles. The monoisotopic (exact) mass is 238 g/mol. The van der Waals surface area contributed by atoms with E-state index in [0.717, 1.165) is 24.0 Å². The van der Waals surface area contributed by atoms with E-state index in [4.69, 9.17) is 5.73 Å². The molecule has 0 amide bonds. The minimum atomic E-state index is 0.480. The summed E-state index contributed by atoms with van der Waals surface area (Å²) in [7, 11) is 0. The number of anilines is 1. The van der Waals surface area contributed by atoms with E-state index >= 15 is 0 Å². The van der Waals surface area contributed by atoms with Crippen molar-refractivity contribution in [3.8, 4) is 0 Å². The molecule has 88 valence electrons. The Bertz CT molecular complexity index is 361. The first-order valence-corrected chi connectivity index (χ1v) is 6.96. The second-order valence-corrected chi connectivity index (χ2v) is 5.52. The van der Waals surface area contributed by atoms with Gasteiger partial charge in [-0.25, -0.2) is 4.98 Å². The van der Waals surface area contributed by atoms with Gasteiger partial charge in [-0.2, -0.15) is 4.37 Å². The first-order chi connectivity index (χ1) is 7.88. The molecule has 3 rings (SSSR count). The topological polar surface area (TPSA) is 55.0 Å². The third-order valence-electron chi connectivity index (χ3n) is 3.52. The molecule has 2 aliphatic rings. The zero-order valence-corrected chi connectivity index (χ0v) is 10.2. The van der Waals surface area contributed by atoms with Gasteiger partial charge in [-0.1, -0.05) is 0 Å². The maximum Gasteiger partial charge on any atom is 0.205 e. The summed E-state index contributed by atoms with van der Waals surface area (Å²) in [5, 5.41) is 1.09. The zero-order valence-electron chi connectivity index (χ0n) is 9.43. The van der Waals surface area contributed by atoms with Crippen molar-refractivity contribution in [3.63, 3.8) is 0 Å². The second-order valence-electron chi connectivity index (χ2n) is 4.79. The normalized spacial score (nSPS) is 26.1. The molecule has 1 aliphatic carbocycles. The SMILES string of the molecule is NCC1CCCCN1c1nc(C2CC2)ns1. The predicted octanol–water partition coefficient (Wildman–Crippen LogP) is 1.73. The van der Waals surface area contributed by atoms with Crippen molar-refractivity contribution in [2.75, 3.05) is 18.0 Å². The highest BCUT2D eigenvalue weighted by Gasteiger charge is 2.30. The lowest BCUT2D eigenvalue weighted by Gasteiger charge is -2.34. The fourth-order valence-electron chi connectivity index (χ4n) is 2.35. The average molecular weight is 238 g/mol. The summed E-state index contributed by atoms with van der Waals surface area (Å²) in [6, 6.07) is 0.480. The summed E-state index contributed by atoms with van der Waals surface area (Å²) < 4.78 is 4.47. The largest absolute Gasteiger partial charge is 0.343 e. The molecule has 2 fully saturated rings. The highest BCUT2D eigenvalue weighted by atomic mass is 32.1. The van der Waals surface area contributed by atoms with Gasteiger partial charge in [0.15, 0.2) is 0 Å². The molecule has 0 bridgehead atoms. The Balaban J connectivity index is 1.77. The number of nitrogens with two attached hydrogens (primary N) is 1. The molecule has 1 aliphatic heterocycles. The number of piperidine rings is 1. The molecule has 5 heteroatoms. The lowest BCUT2D eigenvalue weighted by atomic mass is 10.0. The van der Waals surface area contributed by atoms with Crippen molar-refractivity contribution < 1.29 is 0 Å². The van der Waals surface area contributed by atoms with Crippen LogP contribution >= 0.6 is 11.5 Å². The van der Waals surface area contributed by atoms with Gasteiger partial charge in [0, 0.05) is 36.6 Å². The molecule has 1 aromatic rings. The number of hydrogen-bond donors (Lipinski definition) is 1. The lowest BCUT2D eigenvalue weighted by Crippen LogP contribution is -2.44. The fraction of sp³-hybridized carbons (Fsp3) is 0.818. The molecule has 0 radical (unpaired) electrons. The van der Waals surface area contributed by atoms with Gasteiger partial charge in [0.25, 0.3) is 0 Å². The zero-order chi connectivity index (χ0) is 11.0. The van der Waals surface area contributed by atoms with Gasteiger partial charge in [0.05, 0.1) is 0 Å². The molecular weight excluding hydrogens is 220 g/mol. The van der Waals surface area contributed by atoms with Crippen molar-refractivity contribution >= 4 is 16.7 Å². The Kier molecular flexibility index (Phi) is 2.81. The van der Waals surface area contributed by atoms with Crippen LogP contribution in [0.3, 0.4) is 0 Å². The number of rotatable bonds is 3. The van der Waals surface area contributed by atoms with Crippen LogP contribution < -0.4 is 10.6 Å². The van der Waals surface area contributed by atoms with Crippen LogP contribution in [0.2, 0.25) is 0 Å². The Morgan fingerprint density at radius 3 is 2.94 bits per heavy atom. The summed E-state index contributed by atoms with van der Waals surface area (Å²) in [6.45, 7) is 1.83. The van der Waals surface area contributed by atoms with E-state index in [1.807, 2.05) is 0 Å². The van der Waals surface area contributed by atoms with Crippen LogP contribution in [0.1, 0.15) is 43.8 Å². The van der Waals surface area contributed by atoms with Crippen molar-refractivity contribution in [1.29, 1.82) is 0 Å². The Morgan fingerprint density at radius 1 is 1.31 bits per heavy atom. The second kappa shape index (κ2) is 4.30. The van der Waals surface area contributed by atoms with Crippen molar-refractivity contribution in [2.45, 2.75) is 44.1 Å². The van der Waals surface area contributed by atoms with Gasteiger partial charge in [-0.05, 0) is 32.1 Å². The molecule has 2 N–H and O–H groups in total. The summed E-state index contributed by atoms with van der Waals surface area (Å²) in [5.74, 6) is 1.73. The van der Waals surface area contributed by atoms with Gasteiger partial charge < -0.3 is 10.6 Å². The molecule has 0 spiro atoms. The predicted molar refractivity (Wildman–Crippen MR) is 65.9 cm³/mol. The third-order valence-corrected chi connectivity index (χ3v) is 4.29. The van der Waals surface area contributed by atoms with E-state index in [2.05, 4.69) is 14.3 Å². The molecular formula is C11H18N4S. The Labute approximate surface area is 100 Å². The quantitative estimate of drug-likeness (QED) is 0.871. The van der Waals surface area contributed by atoms with Crippen LogP contribution in [0.25, 0.3) is 0 Å². The minimum Gasteiger partial charge on any atom is -0.343 e. The molecule has 1 unspecified atom stereocenters. The molecule has 1 saturated carbocycles. The highest BCUT2D eigenvalue weighted by molar-refractivity contribution is 7.09. The minimum absolute atomic E-state index is 0.480. The molecule has 1 saturated heterocycles. The highest BCUT2D eigenvalue weighted by Crippen LogP contribution is 2.40. The Hall–Kier alpha value is -0.680. The fourth-order valence-corrected chi connectivity index (χ4v) is 3.19. The lowest BCUT2D eigenvalue weighted by molar-refractivity contribution is 0.464. The summed E-state index contributed by atoms with van der Waals surface area (Å²) in [5.41, 5.74) is 5.82. The van der Waals surface area contributed by atoms with Crippen LogP contribution in [0, 0.1) is 0 Å². The van der Waals surface area contributed by atoms with E-state index in [0.29, 0.717) is 12.0 Å². The van der Waals surface area contributed by atoms with Crippen LogP contribution in [0.4, 0.5) is 5.13 Å². The van der Waals surface area contributed by atoms with Crippen LogP contribution in [-0.2, 0) is 0 Å². The summed E-state index contributed by atoms with van der Waals surface area (Å²) in [6.07, 6.45) is 6.31. The standard InChI is InChI=1S/C11H18N4S/c12-7-9-3-1-2-6-15(9)11-13-10(14-16-11)8-4-5-8/h8-9H,1-7,12H2. The van der Waals surface area contributed by atoms with Crippen molar-refractivity contribution in [1.82, 2.24) is 9.36 Å². The van der Waals surface area contributed by atoms with Crippen molar-refractivity contribution in [3.05, 3.63) is 5.82 Å². The van der Waals surface area contributed by atoms with Crippen LogP contribution in [0.5, 0.6) is 0 Å². The van der Waals surface area contributed by atoms with Gasteiger partial charge in [0.1, 0.15) is 5.82 Å². The van der Waals surface area contributed by atoms with E-state index in [9.17, 15) is 0 Å². The number of aromatic nitrogens is 2. The summed E-state index contributed by atoms with van der Waals surface area (Å²) in [4.78, 5) is 7.04. The van der Waals surface area contributed by atoms with Gasteiger partial charge in [-0.15, -0.1) is 0 Å². The smallest absolute Gasteiger partial charge is 0.205 e. The van der Waals surface area contributed by atoms with Gasteiger partial charge in [0.2, 0.25) is 5.13 Å². The number of hydrogen-bond acceptors (Lipinski definition) is 5. The molecule has 4 nitrogen and oxygen atoms in total. The molecule has 1 aromatic heterocycles. The van der Waals surface area contributed by atoms with Crippen LogP contribution in [0.15, 0.2) is 0 Å². The van der Waals surface area contributed by atoms with E-state index in [1.54, 1.807) is 11.5 Å². The average Bonchev–Trinajstić information content (AvgIpc) is 3.07. The van der Waals surface area contributed by atoms with Gasteiger partial charge >= 0.3 is 0 Å². The number of nitrogens with zero attached hydrogens (tertiary/aromatic N) is 3. The first kappa shape index (κ1) is 10.5. The molecule has 16 heavy (non-hydrogen) atoms. The maximum absolute atomic E-state index is 5.82. The summed E-state index contributed by atoms with van der Waals surface area (Å²) >= 11 is 1.55. The van der Waals surface area contributed by atoms with Gasteiger partial charge in [-0.3, -0.25) is 0 Å². The molecule has 0 aromatic carbocycles. The van der Waals surface area contributed by atoms with E-state index in [-0.39, 0.29) is 0 Å². The van der Waals surface area contributed by atoms with Crippen LogP contribution in [-0.4, -0.2) is 28.5 Å². The third kappa shape index (κ3) is 1.94.